The molecule has 0 radical (unpaired) electrons. The third kappa shape index (κ3) is 4.07. The fourth-order valence-corrected chi connectivity index (χ4v) is 3.40. The van der Waals surface area contributed by atoms with Crippen molar-refractivity contribution in [2.24, 2.45) is 0 Å². The van der Waals surface area contributed by atoms with Crippen molar-refractivity contribution in [3.05, 3.63) is 28.7 Å². The first-order valence-electron chi connectivity index (χ1n) is 7.04. The molecule has 0 atom stereocenters. The number of amides is 1. The molecule has 1 aromatic carbocycles. The van der Waals surface area contributed by atoms with E-state index >= 15 is 0 Å². The molecule has 8 heteroatoms. The van der Waals surface area contributed by atoms with Crippen molar-refractivity contribution in [1.29, 1.82) is 0 Å². The topological polar surface area (TPSA) is 65.1 Å². The SMILES string of the molecule is COC(=O)CCN1C(=O)/C(=C/c2ccc(OC)c(OC)c2)SC1=S. The van der Waals surface area contributed by atoms with Gasteiger partial charge in [-0.05, 0) is 23.8 Å². The fourth-order valence-electron chi connectivity index (χ4n) is 2.09. The van der Waals surface area contributed by atoms with Crippen LogP contribution in [0.3, 0.4) is 0 Å². The van der Waals surface area contributed by atoms with E-state index in [0.29, 0.717) is 20.7 Å². The van der Waals surface area contributed by atoms with Gasteiger partial charge in [-0.25, -0.2) is 0 Å². The van der Waals surface area contributed by atoms with Crippen LogP contribution in [0.4, 0.5) is 0 Å². The minimum absolute atomic E-state index is 0.104. The summed E-state index contributed by atoms with van der Waals surface area (Å²) in [6, 6.07) is 5.37. The Balaban J connectivity index is 2.17. The number of rotatable bonds is 6. The van der Waals surface area contributed by atoms with Crippen molar-refractivity contribution < 1.29 is 23.8 Å². The number of benzene rings is 1. The van der Waals surface area contributed by atoms with Crippen LogP contribution >= 0.6 is 24.0 Å². The Morgan fingerprint density at radius 1 is 1.25 bits per heavy atom. The molecule has 1 saturated heterocycles. The van der Waals surface area contributed by atoms with Gasteiger partial charge in [-0.3, -0.25) is 14.5 Å². The Kier molecular flexibility index (Phi) is 6.22. The quantitative estimate of drug-likeness (QED) is 0.435. The molecule has 1 heterocycles. The van der Waals surface area contributed by atoms with Gasteiger partial charge in [-0.15, -0.1) is 0 Å². The summed E-state index contributed by atoms with van der Waals surface area (Å²) in [4.78, 5) is 25.6. The number of ether oxygens (including phenoxy) is 3. The lowest BCUT2D eigenvalue weighted by atomic mass is 10.2. The fraction of sp³-hybridized carbons (Fsp3) is 0.312. The lowest BCUT2D eigenvalue weighted by Crippen LogP contribution is -2.30. The molecule has 1 aliphatic heterocycles. The van der Waals surface area contributed by atoms with E-state index in [2.05, 4.69) is 4.74 Å². The summed E-state index contributed by atoms with van der Waals surface area (Å²) < 4.78 is 15.5. The monoisotopic (exact) mass is 367 g/mol. The third-order valence-electron chi connectivity index (χ3n) is 3.35. The van der Waals surface area contributed by atoms with Crippen LogP contribution in [0, 0.1) is 0 Å². The largest absolute Gasteiger partial charge is 0.493 e. The van der Waals surface area contributed by atoms with E-state index < -0.39 is 0 Å². The molecule has 0 unspecified atom stereocenters. The Morgan fingerprint density at radius 2 is 1.96 bits per heavy atom. The Labute approximate surface area is 149 Å². The number of thiocarbonyl (C=S) groups is 1. The van der Waals surface area contributed by atoms with Gasteiger partial charge in [0, 0.05) is 6.54 Å². The van der Waals surface area contributed by atoms with Gasteiger partial charge < -0.3 is 14.2 Å². The van der Waals surface area contributed by atoms with Gasteiger partial charge in [0.05, 0.1) is 32.7 Å². The zero-order chi connectivity index (χ0) is 17.7. The molecule has 2 rings (SSSR count). The molecule has 0 bridgehead atoms. The van der Waals surface area contributed by atoms with Gasteiger partial charge >= 0.3 is 5.97 Å². The summed E-state index contributed by atoms with van der Waals surface area (Å²) in [6.45, 7) is 0.209. The second kappa shape index (κ2) is 8.16. The van der Waals surface area contributed by atoms with Gasteiger partial charge in [-0.1, -0.05) is 30.0 Å². The maximum absolute atomic E-state index is 12.4. The summed E-state index contributed by atoms with van der Waals surface area (Å²) in [5.74, 6) is 0.587. The van der Waals surface area contributed by atoms with Crippen LogP contribution in [-0.4, -0.2) is 49.0 Å². The molecular formula is C16H17NO5S2. The van der Waals surface area contributed by atoms with Gasteiger partial charge in [0.25, 0.3) is 5.91 Å². The number of hydrogen-bond donors (Lipinski definition) is 0. The molecule has 0 N–H and O–H groups in total. The van der Waals surface area contributed by atoms with Crippen molar-refractivity contribution in [2.45, 2.75) is 6.42 Å². The van der Waals surface area contributed by atoms with Crippen LogP contribution < -0.4 is 9.47 Å². The van der Waals surface area contributed by atoms with E-state index in [0.717, 1.165) is 5.56 Å². The number of esters is 1. The van der Waals surface area contributed by atoms with E-state index in [1.807, 2.05) is 6.07 Å². The average Bonchev–Trinajstić information content (AvgIpc) is 2.86. The van der Waals surface area contributed by atoms with Gasteiger partial charge in [0.2, 0.25) is 0 Å². The highest BCUT2D eigenvalue weighted by Gasteiger charge is 2.32. The molecule has 1 aliphatic rings. The summed E-state index contributed by atoms with van der Waals surface area (Å²) in [5.41, 5.74) is 0.793. The first-order valence-corrected chi connectivity index (χ1v) is 8.26. The third-order valence-corrected chi connectivity index (χ3v) is 4.72. The molecule has 1 amide bonds. The van der Waals surface area contributed by atoms with Crippen LogP contribution in [0.5, 0.6) is 11.5 Å². The zero-order valence-corrected chi connectivity index (χ0v) is 15.2. The maximum atomic E-state index is 12.4. The van der Waals surface area contributed by atoms with Crippen molar-refractivity contribution in [3.63, 3.8) is 0 Å². The highest BCUT2D eigenvalue weighted by atomic mass is 32.2. The Morgan fingerprint density at radius 3 is 2.58 bits per heavy atom. The lowest BCUT2D eigenvalue weighted by Gasteiger charge is -2.13. The molecule has 6 nitrogen and oxygen atoms in total. The number of methoxy groups -OCH3 is 3. The molecule has 0 aliphatic carbocycles. The summed E-state index contributed by atoms with van der Waals surface area (Å²) >= 11 is 6.42. The molecule has 1 fully saturated rings. The predicted molar refractivity (Wildman–Crippen MR) is 96.1 cm³/mol. The molecule has 1 aromatic rings. The molecule has 0 aromatic heterocycles. The molecule has 0 saturated carbocycles. The standard InChI is InChI=1S/C16H17NO5S2/c1-20-11-5-4-10(8-12(11)21-2)9-13-15(19)17(16(23)24-13)7-6-14(18)22-3/h4-5,8-9H,6-7H2,1-3H3/b13-9-. The van der Waals surface area contributed by atoms with E-state index in [1.54, 1.807) is 32.4 Å². The predicted octanol–water partition coefficient (Wildman–Crippen LogP) is 2.47. The van der Waals surface area contributed by atoms with Crippen LogP contribution in [-0.2, 0) is 14.3 Å². The zero-order valence-electron chi connectivity index (χ0n) is 13.5. The Bertz CT molecular complexity index is 702. The number of carbonyl (C=O) groups is 2. The second-order valence-electron chi connectivity index (χ2n) is 4.77. The molecule has 24 heavy (non-hydrogen) atoms. The van der Waals surface area contributed by atoms with Crippen LogP contribution in [0.1, 0.15) is 12.0 Å². The van der Waals surface area contributed by atoms with Gasteiger partial charge in [-0.2, -0.15) is 0 Å². The summed E-state index contributed by atoms with van der Waals surface area (Å²) in [7, 11) is 4.42. The highest BCUT2D eigenvalue weighted by Crippen LogP contribution is 2.34. The van der Waals surface area contributed by atoms with Crippen LogP contribution in [0.15, 0.2) is 23.1 Å². The first-order chi connectivity index (χ1) is 11.5. The average molecular weight is 367 g/mol. The van der Waals surface area contributed by atoms with E-state index in [1.165, 1.54) is 23.8 Å². The van der Waals surface area contributed by atoms with Crippen LogP contribution in [0.25, 0.3) is 6.08 Å². The molecule has 128 valence electrons. The number of carbonyl (C=O) groups excluding carboxylic acids is 2. The van der Waals surface area contributed by atoms with E-state index in [9.17, 15) is 9.59 Å². The number of hydrogen-bond acceptors (Lipinski definition) is 7. The normalized spacial score (nSPS) is 15.8. The van der Waals surface area contributed by atoms with Gasteiger partial charge in [0.1, 0.15) is 4.32 Å². The smallest absolute Gasteiger partial charge is 0.307 e. The molecular weight excluding hydrogens is 350 g/mol. The first kappa shape index (κ1) is 18.3. The minimum atomic E-state index is -0.382. The van der Waals surface area contributed by atoms with E-state index in [-0.39, 0.29) is 24.8 Å². The van der Waals surface area contributed by atoms with Crippen molar-refractivity contribution in [1.82, 2.24) is 4.90 Å². The maximum Gasteiger partial charge on any atom is 0.307 e. The van der Waals surface area contributed by atoms with Crippen molar-refractivity contribution in [3.8, 4) is 11.5 Å². The van der Waals surface area contributed by atoms with E-state index in [4.69, 9.17) is 21.7 Å². The highest BCUT2D eigenvalue weighted by molar-refractivity contribution is 8.26. The van der Waals surface area contributed by atoms with Gasteiger partial charge in [0.15, 0.2) is 11.5 Å². The second-order valence-corrected chi connectivity index (χ2v) is 6.45. The van der Waals surface area contributed by atoms with Crippen molar-refractivity contribution >= 4 is 46.3 Å². The van der Waals surface area contributed by atoms with Crippen molar-refractivity contribution in [2.75, 3.05) is 27.9 Å². The molecule has 0 spiro atoms. The minimum Gasteiger partial charge on any atom is -0.493 e. The number of nitrogens with zero attached hydrogens (tertiary/aromatic N) is 1. The van der Waals surface area contributed by atoms with Crippen LogP contribution in [0.2, 0.25) is 0 Å². The summed E-state index contributed by atoms with van der Waals surface area (Å²) in [5, 5.41) is 0. The number of thioether (sulfide) groups is 1. The lowest BCUT2D eigenvalue weighted by molar-refractivity contribution is -0.140. The summed E-state index contributed by atoms with van der Waals surface area (Å²) in [6.07, 6.45) is 1.84. The Hall–Kier alpha value is -2.06.